The number of aromatic nitrogens is 4. The minimum absolute atomic E-state index is 0.0894. The van der Waals surface area contributed by atoms with Crippen molar-refractivity contribution in [2.75, 3.05) is 11.1 Å². The van der Waals surface area contributed by atoms with Crippen LogP contribution < -0.4 is 10.6 Å². The van der Waals surface area contributed by atoms with E-state index in [0.717, 1.165) is 15.7 Å². The number of nitrogens with one attached hydrogen (secondary N) is 2. The Hall–Kier alpha value is -3.02. The van der Waals surface area contributed by atoms with Gasteiger partial charge in [0.25, 0.3) is 5.91 Å². The Morgan fingerprint density at radius 1 is 1.08 bits per heavy atom. The Labute approximate surface area is 226 Å². The third-order valence-corrected chi connectivity index (χ3v) is 7.67. The second-order valence-electron chi connectivity index (χ2n) is 8.34. The molecule has 4 rings (SSSR count). The number of benzene rings is 2. The van der Waals surface area contributed by atoms with E-state index < -0.39 is 0 Å². The van der Waals surface area contributed by atoms with E-state index in [9.17, 15) is 9.59 Å². The van der Waals surface area contributed by atoms with Crippen molar-refractivity contribution >= 4 is 56.0 Å². The lowest BCUT2D eigenvalue weighted by Gasteiger charge is -2.21. The van der Waals surface area contributed by atoms with E-state index in [0.29, 0.717) is 21.7 Å². The maximum Gasteiger partial charge on any atom is 0.251 e. The lowest BCUT2D eigenvalue weighted by molar-refractivity contribution is -0.113. The summed E-state index contributed by atoms with van der Waals surface area (Å²) in [5.41, 5.74) is 2.38. The average molecular weight is 586 g/mol. The maximum atomic E-state index is 12.7. The molecule has 36 heavy (non-hydrogen) atoms. The van der Waals surface area contributed by atoms with Gasteiger partial charge in [-0.05, 0) is 30.2 Å². The highest BCUT2D eigenvalue weighted by Gasteiger charge is 2.25. The molecule has 2 aromatic carbocycles. The van der Waals surface area contributed by atoms with Crippen molar-refractivity contribution in [1.29, 1.82) is 0 Å². The summed E-state index contributed by atoms with van der Waals surface area (Å²) in [5, 5.41) is 17.5. The molecule has 0 aliphatic carbocycles. The Morgan fingerprint density at radius 3 is 2.50 bits per heavy atom. The van der Waals surface area contributed by atoms with Gasteiger partial charge in [0.1, 0.15) is 0 Å². The fourth-order valence-electron chi connectivity index (χ4n) is 3.44. The molecule has 11 heteroatoms. The van der Waals surface area contributed by atoms with E-state index in [1.807, 2.05) is 73.3 Å². The summed E-state index contributed by atoms with van der Waals surface area (Å²) in [6, 6.07) is 16.6. The number of amides is 2. The van der Waals surface area contributed by atoms with E-state index >= 15 is 0 Å². The van der Waals surface area contributed by atoms with Crippen LogP contribution in [0.4, 0.5) is 5.13 Å². The van der Waals surface area contributed by atoms with E-state index in [1.54, 1.807) is 12.1 Å². The molecule has 2 aromatic heterocycles. The lowest BCUT2D eigenvalue weighted by Crippen LogP contribution is -2.33. The van der Waals surface area contributed by atoms with E-state index in [2.05, 4.69) is 41.7 Å². The molecule has 0 aliphatic heterocycles. The molecule has 2 heterocycles. The minimum Gasteiger partial charge on any atom is -0.342 e. The first kappa shape index (κ1) is 26.1. The maximum absolute atomic E-state index is 12.7. The van der Waals surface area contributed by atoms with Crippen molar-refractivity contribution in [3.05, 3.63) is 75.8 Å². The number of hydrogen-bond acceptors (Lipinski definition) is 7. The van der Waals surface area contributed by atoms with Crippen molar-refractivity contribution in [1.82, 2.24) is 25.1 Å². The second kappa shape index (κ2) is 11.8. The number of hydrogen-bond donors (Lipinski definition) is 2. The molecule has 1 atom stereocenters. The van der Waals surface area contributed by atoms with Crippen LogP contribution in [0.1, 0.15) is 36.1 Å². The summed E-state index contributed by atoms with van der Waals surface area (Å²) < 4.78 is 2.82. The molecule has 0 radical (unpaired) electrons. The standard InChI is InChI=1S/C25H25BrN6O2S2/c1-15(2)21(29-23(34)17-7-5-4-6-8-17)22-30-31-25(32(22)3)36-14-20(33)28-24-27-19(13-35-24)16-9-11-18(26)12-10-16/h4-13,15,21H,14H2,1-3H3,(H,29,34)(H,27,28,33)/t21-/m0/s1. The van der Waals surface area contributed by atoms with Gasteiger partial charge in [0.05, 0.1) is 17.5 Å². The zero-order valence-corrected chi connectivity index (χ0v) is 23.2. The van der Waals surface area contributed by atoms with Gasteiger partial charge < -0.3 is 15.2 Å². The third-order valence-electron chi connectivity index (χ3n) is 5.36. The molecule has 0 spiro atoms. The van der Waals surface area contributed by atoms with Crippen LogP contribution in [-0.4, -0.2) is 37.3 Å². The summed E-state index contributed by atoms with van der Waals surface area (Å²) in [4.78, 5) is 29.8. The number of carbonyl (C=O) groups excluding carboxylic acids is 2. The molecule has 0 aliphatic rings. The van der Waals surface area contributed by atoms with Crippen molar-refractivity contribution < 1.29 is 9.59 Å². The molecule has 0 bridgehead atoms. The topological polar surface area (TPSA) is 102 Å². The van der Waals surface area contributed by atoms with Crippen LogP contribution in [0.25, 0.3) is 11.3 Å². The van der Waals surface area contributed by atoms with Crippen LogP contribution in [-0.2, 0) is 11.8 Å². The van der Waals surface area contributed by atoms with Gasteiger partial charge in [0.2, 0.25) is 5.91 Å². The Balaban J connectivity index is 1.36. The number of rotatable bonds is 9. The first-order valence-corrected chi connectivity index (χ1v) is 13.9. The van der Waals surface area contributed by atoms with Crippen molar-refractivity contribution in [3.8, 4) is 11.3 Å². The largest absolute Gasteiger partial charge is 0.342 e. The number of carbonyl (C=O) groups is 2. The predicted molar refractivity (Wildman–Crippen MR) is 147 cm³/mol. The molecule has 2 amide bonds. The minimum atomic E-state index is -0.328. The predicted octanol–water partition coefficient (Wildman–Crippen LogP) is 5.56. The van der Waals surface area contributed by atoms with Gasteiger partial charge in [-0.15, -0.1) is 21.5 Å². The number of nitrogens with zero attached hydrogens (tertiary/aromatic N) is 4. The highest BCUT2D eigenvalue weighted by molar-refractivity contribution is 9.10. The van der Waals surface area contributed by atoms with E-state index in [1.165, 1.54) is 23.1 Å². The third kappa shape index (κ3) is 6.40. The second-order valence-corrected chi connectivity index (χ2v) is 11.1. The van der Waals surface area contributed by atoms with Gasteiger partial charge in [-0.3, -0.25) is 9.59 Å². The van der Waals surface area contributed by atoms with E-state index in [-0.39, 0.29) is 29.5 Å². The molecule has 0 fully saturated rings. The molecule has 4 aromatic rings. The zero-order chi connectivity index (χ0) is 25.7. The molecule has 0 unspecified atom stereocenters. The van der Waals surface area contributed by atoms with Gasteiger partial charge in [0, 0.05) is 28.0 Å². The molecule has 8 nitrogen and oxygen atoms in total. The molecular formula is C25H25BrN6O2S2. The van der Waals surface area contributed by atoms with Gasteiger partial charge in [-0.25, -0.2) is 4.98 Å². The van der Waals surface area contributed by atoms with Crippen LogP contribution >= 0.6 is 39.0 Å². The summed E-state index contributed by atoms with van der Waals surface area (Å²) >= 11 is 6.09. The van der Waals surface area contributed by atoms with Gasteiger partial charge in [-0.1, -0.05) is 71.9 Å². The Morgan fingerprint density at radius 2 is 1.81 bits per heavy atom. The van der Waals surface area contributed by atoms with E-state index in [4.69, 9.17) is 0 Å². The number of thioether (sulfide) groups is 1. The smallest absolute Gasteiger partial charge is 0.251 e. The average Bonchev–Trinajstić information content (AvgIpc) is 3.48. The highest BCUT2D eigenvalue weighted by Crippen LogP contribution is 2.27. The lowest BCUT2D eigenvalue weighted by atomic mass is 10.0. The van der Waals surface area contributed by atoms with Gasteiger partial charge in [-0.2, -0.15) is 0 Å². The van der Waals surface area contributed by atoms with Crippen molar-refractivity contribution in [3.63, 3.8) is 0 Å². The molecular weight excluding hydrogens is 560 g/mol. The summed E-state index contributed by atoms with van der Waals surface area (Å²) in [7, 11) is 1.84. The normalized spacial score (nSPS) is 11.9. The molecule has 186 valence electrons. The fourth-order valence-corrected chi connectivity index (χ4v) is 5.15. The number of halogens is 1. The molecule has 2 N–H and O–H groups in total. The number of anilines is 1. The Kier molecular flexibility index (Phi) is 8.55. The van der Waals surface area contributed by atoms with Crippen molar-refractivity contribution in [2.24, 2.45) is 13.0 Å². The van der Waals surface area contributed by atoms with Crippen LogP contribution in [0, 0.1) is 5.92 Å². The first-order chi connectivity index (χ1) is 17.3. The van der Waals surface area contributed by atoms with Gasteiger partial charge >= 0.3 is 0 Å². The van der Waals surface area contributed by atoms with Crippen LogP contribution in [0.3, 0.4) is 0 Å². The van der Waals surface area contributed by atoms with Crippen molar-refractivity contribution in [2.45, 2.75) is 25.0 Å². The summed E-state index contributed by atoms with van der Waals surface area (Å²) in [6.45, 7) is 4.03. The summed E-state index contributed by atoms with van der Waals surface area (Å²) in [6.07, 6.45) is 0. The quantitative estimate of drug-likeness (QED) is 0.250. The molecule has 0 saturated carbocycles. The van der Waals surface area contributed by atoms with Crippen LogP contribution in [0.2, 0.25) is 0 Å². The summed E-state index contributed by atoms with van der Waals surface area (Å²) in [5.74, 6) is 0.528. The van der Waals surface area contributed by atoms with Crippen LogP contribution in [0.15, 0.2) is 69.6 Å². The monoisotopic (exact) mass is 584 g/mol. The van der Waals surface area contributed by atoms with Crippen LogP contribution in [0.5, 0.6) is 0 Å². The fraction of sp³-hybridized carbons (Fsp3) is 0.240. The highest BCUT2D eigenvalue weighted by atomic mass is 79.9. The van der Waals surface area contributed by atoms with Gasteiger partial charge in [0.15, 0.2) is 16.1 Å². The zero-order valence-electron chi connectivity index (χ0n) is 19.9. The first-order valence-electron chi connectivity index (χ1n) is 11.2. The molecule has 0 saturated heterocycles. The Bertz CT molecular complexity index is 1340. The number of thiazole rings is 1. The SMILES string of the molecule is CC(C)[C@H](NC(=O)c1ccccc1)c1nnc(SCC(=O)Nc2nc(-c3ccc(Br)cc3)cs2)n1C.